The number of benzene rings is 1. The van der Waals surface area contributed by atoms with Crippen LogP contribution in [0.5, 0.6) is 5.75 Å². The quantitative estimate of drug-likeness (QED) is 0.911. The Bertz CT molecular complexity index is 517. The molecule has 1 heterocycles. The molecule has 0 saturated heterocycles. The highest BCUT2D eigenvalue weighted by molar-refractivity contribution is 9.10. The van der Waals surface area contributed by atoms with Gasteiger partial charge in [-0.25, -0.2) is 0 Å². The van der Waals surface area contributed by atoms with Crippen LogP contribution in [0, 0.1) is 0 Å². The van der Waals surface area contributed by atoms with Gasteiger partial charge < -0.3 is 10.1 Å². The first-order valence-corrected chi connectivity index (χ1v) is 6.63. The third-order valence-corrected chi connectivity index (χ3v) is 2.84. The minimum Gasteiger partial charge on any atom is -0.494 e. The molecule has 0 aliphatic rings. The van der Waals surface area contributed by atoms with E-state index in [-0.39, 0.29) is 0 Å². The second kappa shape index (κ2) is 6.40. The van der Waals surface area contributed by atoms with Gasteiger partial charge in [0.25, 0.3) is 0 Å². The Kier molecular flexibility index (Phi) is 4.59. The summed E-state index contributed by atoms with van der Waals surface area (Å²) in [6, 6.07) is 10.00. The van der Waals surface area contributed by atoms with E-state index < -0.39 is 0 Å². The number of nitrogens with one attached hydrogen (secondary N) is 1. The lowest BCUT2D eigenvalue weighted by Crippen LogP contribution is -2.00. The van der Waals surface area contributed by atoms with Crippen molar-refractivity contribution >= 4 is 21.6 Å². The molecule has 0 atom stereocenters. The number of aromatic nitrogens is 1. The summed E-state index contributed by atoms with van der Waals surface area (Å²) in [5, 5.41) is 3.35. The normalized spacial score (nSPS) is 10.1. The Morgan fingerprint density at radius 1 is 1.28 bits per heavy atom. The van der Waals surface area contributed by atoms with E-state index in [1.807, 2.05) is 43.5 Å². The van der Waals surface area contributed by atoms with Gasteiger partial charge >= 0.3 is 0 Å². The van der Waals surface area contributed by atoms with E-state index in [2.05, 4.69) is 26.2 Å². The number of hydrogen-bond donors (Lipinski definition) is 1. The van der Waals surface area contributed by atoms with Crippen molar-refractivity contribution in [1.82, 2.24) is 4.98 Å². The van der Waals surface area contributed by atoms with Crippen LogP contribution >= 0.6 is 15.9 Å². The first-order chi connectivity index (χ1) is 8.78. The minimum atomic E-state index is 0.680. The summed E-state index contributed by atoms with van der Waals surface area (Å²) in [5.41, 5.74) is 2.17. The molecule has 1 N–H and O–H groups in total. The van der Waals surface area contributed by atoms with Gasteiger partial charge in [-0.15, -0.1) is 0 Å². The number of ether oxygens (including phenoxy) is 1. The van der Waals surface area contributed by atoms with Gasteiger partial charge in [-0.1, -0.05) is 6.07 Å². The van der Waals surface area contributed by atoms with Crippen molar-refractivity contribution in [2.75, 3.05) is 11.9 Å². The van der Waals surface area contributed by atoms with Crippen molar-refractivity contribution < 1.29 is 4.74 Å². The maximum absolute atomic E-state index is 5.46. The molecule has 0 saturated carbocycles. The van der Waals surface area contributed by atoms with Crippen molar-refractivity contribution in [2.45, 2.75) is 13.5 Å². The molecule has 0 radical (unpaired) electrons. The van der Waals surface area contributed by atoms with Crippen LogP contribution in [0.1, 0.15) is 12.5 Å². The van der Waals surface area contributed by atoms with Gasteiger partial charge in [0.15, 0.2) is 0 Å². The zero-order valence-corrected chi connectivity index (χ0v) is 11.8. The molecule has 0 aliphatic heterocycles. The number of anilines is 1. The van der Waals surface area contributed by atoms with Gasteiger partial charge in [-0.05, 0) is 46.6 Å². The topological polar surface area (TPSA) is 34.1 Å². The highest BCUT2D eigenvalue weighted by atomic mass is 79.9. The minimum absolute atomic E-state index is 0.680. The summed E-state index contributed by atoms with van der Waals surface area (Å²) in [6.07, 6.45) is 3.63. The molecule has 1 aromatic heterocycles. The predicted octanol–water partition coefficient (Wildman–Crippen LogP) is 3.85. The molecule has 2 rings (SSSR count). The lowest BCUT2D eigenvalue weighted by Gasteiger charge is -2.09. The first kappa shape index (κ1) is 12.9. The van der Waals surface area contributed by atoms with E-state index >= 15 is 0 Å². The average Bonchev–Trinajstić information content (AvgIpc) is 2.37. The van der Waals surface area contributed by atoms with Crippen LogP contribution in [-0.2, 0) is 6.54 Å². The van der Waals surface area contributed by atoms with Crippen LogP contribution in [-0.4, -0.2) is 11.6 Å². The molecule has 18 heavy (non-hydrogen) atoms. The maximum atomic E-state index is 5.46. The number of rotatable bonds is 5. The van der Waals surface area contributed by atoms with Crippen molar-refractivity contribution in [3.05, 3.63) is 52.8 Å². The van der Waals surface area contributed by atoms with Crippen LogP contribution in [0.15, 0.2) is 47.2 Å². The average molecular weight is 307 g/mol. The lowest BCUT2D eigenvalue weighted by molar-refractivity contribution is 0.340. The standard InChI is InChI=1S/C14H15BrN2O/c1-2-18-14-5-3-4-13(7-14)17-9-11-6-12(15)10-16-8-11/h3-8,10,17H,2,9H2,1H3. The number of hydrogen-bond acceptors (Lipinski definition) is 3. The summed E-state index contributed by atoms with van der Waals surface area (Å²) in [5.74, 6) is 0.884. The van der Waals surface area contributed by atoms with Crippen LogP contribution in [0.25, 0.3) is 0 Å². The molecule has 3 nitrogen and oxygen atoms in total. The number of halogens is 1. The lowest BCUT2D eigenvalue weighted by atomic mass is 10.2. The van der Waals surface area contributed by atoms with E-state index in [0.29, 0.717) is 6.61 Å². The van der Waals surface area contributed by atoms with E-state index in [0.717, 1.165) is 28.0 Å². The van der Waals surface area contributed by atoms with E-state index in [4.69, 9.17) is 4.74 Å². The number of pyridine rings is 1. The highest BCUT2D eigenvalue weighted by Gasteiger charge is 1.98. The van der Waals surface area contributed by atoms with Gasteiger partial charge in [0.2, 0.25) is 0 Å². The van der Waals surface area contributed by atoms with Crippen LogP contribution < -0.4 is 10.1 Å². The molecular formula is C14H15BrN2O. The van der Waals surface area contributed by atoms with Gasteiger partial charge in [0, 0.05) is 35.2 Å². The Morgan fingerprint density at radius 3 is 2.94 bits per heavy atom. The fourth-order valence-electron chi connectivity index (χ4n) is 1.62. The van der Waals surface area contributed by atoms with Crippen LogP contribution in [0.2, 0.25) is 0 Å². The van der Waals surface area contributed by atoms with Gasteiger partial charge in [-0.3, -0.25) is 4.98 Å². The van der Waals surface area contributed by atoms with E-state index in [1.165, 1.54) is 0 Å². The predicted molar refractivity (Wildman–Crippen MR) is 76.9 cm³/mol. The molecule has 94 valence electrons. The van der Waals surface area contributed by atoms with Crippen molar-refractivity contribution in [3.8, 4) is 5.75 Å². The number of nitrogens with zero attached hydrogens (tertiary/aromatic N) is 1. The zero-order valence-electron chi connectivity index (χ0n) is 10.2. The molecular weight excluding hydrogens is 292 g/mol. The monoisotopic (exact) mass is 306 g/mol. The Morgan fingerprint density at radius 2 is 2.17 bits per heavy atom. The Labute approximate surface area is 115 Å². The second-order valence-electron chi connectivity index (χ2n) is 3.83. The summed E-state index contributed by atoms with van der Waals surface area (Å²) in [6.45, 7) is 3.40. The molecule has 4 heteroatoms. The third-order valence-electron chi connectivity index (χ3n) is 2.40. The van der Waals surface area contributed by atoms with Crippen molar-refractivity contribution in [1.29, 1.82) is 0 Å². The summed E-state index contributed by atoms with van der Waals surface area (Å²) < 4.78 is 6.45. The van der Waals surface area contributed by atoms with E-state index in [9.17, 15) is 0 Å². The highest BCUT2D eigenvalue weighted by Crippen LogP contribution is 2.18. The Balaban J connectivity index is 1.99. The second-order valence-corrected chi connectivity index (χ2v) is 4.74. The first-order valence-electron chi connectivity index (χ1n) is 5.84. The molecule has 2 aromatic rings. The van der Waals surface area contributed by atoms with Crippen molar-refractivity contribution in [2.24, 2.45) is 0 Å². The van der Waals surface area contributed by atoms with Gasteiger partial charge in [0.1, 0.15) is 5.75 Å². The fraction of sp³-hybridized carbons (Fsp3) is 0.214. The zero-order chi connectivity index (χ0) is 12.8. The molecule has 0 aliphatic carbocycles. The summed E-state index contributed by atoms with van der Waals surface area (Å²) in [4.78, 5) is 4.13. The summed E-state index contributed by atoms with van der Waals surface area (Å²) in [7, 11) is 0. The Hall–Kier alpha value is -1.55. The molecule has 0 bridgehead atoms. The third kappa shape index (κ3) is 3.74. The molecule has 0 spiro atoms. The van der Waals surface area contributed by atoms with E-state index in [1.54, 1.807) is 6.20 Å². The van der Waals surface area contributed by atoms with Gasteiger partial charge in [-0.2, -0.15) is 0 Å². The maximum Gasteiger partial charge on any atom is 0.121 e. The fourth-order valence-corrected chi connectivity index (χ4v) is 2.03. The smallest absolute Gasteiger partial charge is 0.121 e. The largest absolute Gasteiger partial charge is 0.494 e. The molecule has 0 amide bonds. The van der Waals surface area contributed by atoms with Crippen LogP contribution in [0.3, 0.4) is 0 Å². The molecule has 1 aromatic carbocycles. The van der Waals surface area contributed by atoms with Crippen LogP contribution in [0.4, 0.5) is 5.69 Å². The molecule has 0 fully saturated rings. The van der Waals surface area contributed by atoms with Crippen molar-refractivity contribution in [3.63, 3.8) is 0 Å². The van der Waals surface area contributed by atoms with Gasteiger partial charge in [0.05, 0.1) is 6.61 Å². The SMILES string of the molecule is CCOc1cccc(NCc2cncc(Br)c2)c1. The molecule has 0 unspecified atom stereocenters. The summed E-state index contributed by atoms with van der Waals surface area (Å²) >= 11 is 3.41.